The molecule has 1 aromatic heterocycles. The second-order valence-corrected chi connectivity index (χ2v) is 7.75. The van der Waals surface area contributed by atoms with Crippen LogP contribution in [0.5, 0.6) is 5.75 Å². The molecule has 0 aliphatic carbocycles. The fraction of sp³-hybridized carbons (Fsp3) is 0.167. The molecule has 27 heavy (non-hydrogen) atoms. The number of rotatable bonds is 7. The van der Waals surface area contributed by atoms with Crippen LogP contribution in [0.2, 0.25) is 10.0 Å². The molecule has 0 aliphatic heterocycles. The molecule has 1 amide bonds. The zero-order valence-corrected chi connectivity index (χ0v) is 16.6. The second-order valence-electron chi connectivity index (χ2n) is 5.57. The lowest BCUT2D eigenvalue weighted by Crippen LogP contribution is -2.22. The van der Waals surface area contributed by atoms with Gasteiger partial charge in [-0.1, -0.05) is 41.0 Å². The van der Waals surface area contributed by atoms with Crippen LogP contribution in [-0.4, -0.2) is 26.3 Å². The Morgan fingerprint density at radius 1 is 1.22 bits per heavy atom. The first-order valence-electron chi connectivity index (χ1n) is 8.02. The van der Waals surface area contributed by atoms with Gasteiger partial charge in [-0.2, -0.15) is 0 Å². The summed E-state index contributed by atoms with van der Waals surface area (Å²) in [5.74, 6) is 1.08. The van der Waals surface area contributed by atoms with E-state index in [0.717, 1.165) is 0 Å². The van der Waals surface area contributed by atoms with Crippen LogP contribution in [0, 0.1) is 0 Å². The average molecular weight is 423 g/mol. The Bertz CT molecular complexity index is 918. The zero-order valence-electron chi connectivity index (χ0n) is 14.3. The van der Waals surface area contributed by atoms with E-state index in [2.05, 4.69) is 20.5 Å². The fourth-order valence-corrected chi connectivity index (χ4v) is 3.16. The summed E-state index contributed by atoms with van der Waals surface area (Å²) in [6, 6.07) is 14.0. The van der Waals surface area contributed by atoms with Gasteiger partial charge >= 0.3 is 0 Å². The van der Waals surface area contributed by atoms with Gasteiger partial charge in [0.15, 0.2) is 5.82 Å². The predicted molar refractivity (Wildman–Crippen MR) is 108 cm³/mol. The molecule has 0 radical (unpaired) electrons. The van der Waals surface area contributed by atoms with Crippen molar-refractivity contribution in [2.45, 2.75) is 23.9 Å². The van der Waals surface area contributed by atoms with Crippen LogP contribution in [0.3, 0.4) is 0 Å². The highest BCUT2D eigenvalue weighted by Gasteiger charge is 2.17. The molecular formula is C18H16Cl2N4O2S. The maximum absolute atomic E-state index is 12.3. The minimum atomic E-state index is -0.384. The number of H-pyrrole nitrogens is 1. The maximum Gasteiger partial charge on any atom is 0.237 e. The van der Waals surface area contributed by atoms with Gasteiger partial charge in [0.1, 0.15) is 12.4 Å². The number of benzene rings is 2. The smallest absolute Gasteiger partial charge is 0.237 e. The third-order valence-corrected chi connectivity index (χ3v) is 4.89. The number of amides is 1. The molecule has 2 aromatic carbocycles. The van der Waals surface area contributed by atoms with Crippen molar-refractivity contribution in [1.29, 1.82) is 0 Å². The van der Waals surface area contributed by atoms with Crippen molar-refractivity contribution in [2.75, 3.05) is 5.32 Å². The number of hydrogen-bond acceptors (Lipinski definition) is 5. The molecule has 2 N–H and O–H groups in total. The molecule has 6 nitrogen and oxygen atoms in total. The highest BCUT2D eigenvalue weighted by molar-refractivity contribution is 8.00. The van der Waals surface area contributed by atoms with Crippen LogP contribution >= 0.6 is 35.0 Å². The number of nitrogens with one attached hydrogen (secondary N) is 2. The van der Waals surface area contributed by atoms with Crippen molar-refractivity contribution in [2.24, 2.45) is 0 Å². The average Bonchev–Trinajstić information content (AvgIpc) is 3.08. The number of thioether (sulfide) groups is 1. The minimum absolute atomic E-state index is 0.161. The van der Waals surface area contributed by atoms with Gasteiger partial charge < -0.3 is 10.1 Å². The van der Waals surface area contributed by atoms with Crippen LogP contribution in [0.15, 0.2) is 53.7 Å². The van der Waals surface area contributed by atoms with Gasteiger partial charge in [0, 0.05) is 15.7 Å². The van der Waals surface area contributed by atoms with E-state index >= 15 is 0 Å². The summed E-state index contributed by atoms with van der Waals surface area (Å²) in [6.07, 6.45) is 0. The Morgan fingerprint density at radius 2 is 2.00 bits per heavy atom. The Labute approximate surface area is 170 Å². The molecule has 1 unspecified atom stereocenters. The molecule has 0 spiro atoms. The third-order valence-electron chi connectivity index (χ3n) is 3.44. The molecule has 140 valence electrons. The lowest BCUT2D eigenvalue weighted by molar-refractivity contribution is -0.115. The number of ether oxygens (including phenoxy) is 1. The highest BCUT2D eigenvalue weighted by atomic mass is 35.5. The topological polar surface area (TPSA) is 79.9 Å². The molecule has 9 heteroatoms. The Morgan fingerprint density at radius 3 is 2.74 bits per heavy atom. The van der Waals surface area contributed by atoms with Crippen LogP contribution in [0.1, 0.15) is 12.7 Å². The number of carbonyl (C=O) groups is 1. The van der Waals surface area contributed by atoms with Gasteiger partial charge in [-0.05, 0) is 49.4 Å². The largest absolute Gasteiger partial charge is 0.486 e. The quantitative estimate of drug-likeness (QED) is 0.533. The summed E-state index contributed by atoms with van der Waals surface area (Å²) < 4.78 is 5.61. The SMILES string of the molecule is CC(Sc1n[nH]c(COc2ccc(Cl)cc2)n1)C(=O)Nc1cccc(Cl)c1. The van der Waals surface area contributed by atoms with Crippen molar-refractivity contribution in [3.05, 3.63) is 64.4 Å². The van der Waals surface area contributed by atoms with Crippen LogP contribution in [-0.2, 0) is 11.4 Å². The van der Waals surface area contributed by atoms with Crippen molar-refractivity contribution < 1.29 is 9.53 Å². The van der Waals surface area contributed by atoms with Crippen molar-refractivity contribution in [3.8, 4) is 5.75 Å². The Balaban J connectivity index is 1.51. The molecule has 0 aliphatic rings. The fourth-order valence-electron chi connectivity index (χ4n) is 2.10. The van der Waals surface area contributed by atoms with E-state index in [1.165, 1.54) is 11.8 Å². The molecule has 1 heterocycles. The number of halogens is 2. The van der Waals surface area contributed by atoms with E-state index in [0.29, 0.717) is 32.5 Å². The van der Waals surface area contributed by atoms with E-state index in [4.69, 9.17) is 27.9 Å². The van der Waals surface area contributed by atoms with Crippen LogP contribution < -0.4 is 10.1 Å². The maximum atomic E-state index is 12.3. The molecule has 0 saturated carbocycles. The van der Waals surface area contributed by atoms with Gasteiger partial charge in [0.05, 0.1) is 5.25 Å². The Kier molecular flexibility index (Phi) is 6.60. The predicted octanol–water partition coefficient (Wildman–Crippen LogP) is 4.81. The third kappa shape index (κ3) is 5.89. The first-order chi connectivity index (χ1) is 13.0. The number of nitrogens with zero attached hydrogens (tertiary/aromatic N) is 2. The number of carbonyl (C=O) groups excluding carboxylic acids is 1. The normalized spacial score (nSPS) is 11.8. The molecule has 0 saturated heterocycles. The first-order valence-corrected chi connectivity index (χ1v) is 9.66. The molecule has 0 fully saturated rings. The molecular weight excluding hydrogens is 407 g/mol. The van der Waals surface area contributed by atoms with Gasteiger partial charge in [0.25, 0.3) is 0 Å². The van der Waals surface area contributed by atoms with Crippen LogP contribution in [0.4, 0.5) is 5.69 Å². The van der Waals surface area contributed by atoms with Crippen molar-refractivity contribution >= 4 is 46.6 Å². The lowest BCUT2D eigenvalue weighted by Gasteiger charge is -2.10. The molecule has 3 aromatic rings. The van der Waals surface area contributed by atoms with Gasteiger partial charge in [-0.25, -0.2) is 4.98 Å². The van der Waals surface area contributed by atoms with E-state index < -0.39 is 0 Å². The van der Waals surface area contributed by atoms with Crippen LogP contribution in [0.25, 0.3) is 0 Å². The summed E-state index contributed by atoms with van der Waals surface area (Å²) in [6.45, 7) is 2.02. The summed E-state index contributed by atoms with van der Waals surface area (Å²) in [5, 5.41) is 11.0. The number of anilines is 1. The van der Waals surface area contributed by atoms with Crippen molar-refractivity contribution in [1.82, 2.24) is 15.2 Å². The molecule has 3 rings (SSSR count). The van der Waals surface area contributed by atoms with E-state index in [-0.39, 0.29) is 17.8 Å². The molecule has 0 bridgehead atoms. The summed E-state index contributed by atoms with van der Waals surface area (Å²) in [5.41, 5.74) is 0.645. The number of hydrogen-bond donors (Lipinski definition) is 2. The standard InChI is InChI=1S/C18H16Cl2N4O2S/c1-11(17(25)21-14-4-2-3-13(20)9-14)27-18-22-16(23-24-18)10-26-15-7-5-12(19)6-8-15/h2-9,11H,10H2,1H3,(H,21,25)(H,22,23,24). The van der Waals surface area contributed by atoms with Gasteiger partial charge in [-0.3, -0.25) is 9.89 Å². The summed E-state index contributed by atoms with van der Waals surface area (Å²) in [4.78, 5) is 16.6. The summed E-state index contributed by atoms with van der Waals surface area (Å²) >= 11 is 13.0. The lowest BCUT2D eigenvalue weighted by atomic mass is 10.3. The van der Waals surface area contributed by atoms with E-state index in [1.54, 1.807) is 55.5 Å². The molecule has 1 atom stereocenters. The second kappa shape index (κ2) is 9.12. The highest BCUT2D eigenvalue weighted by Crippen LogP contribution is 2.22. The van der Waals surface area contributed by atoms with Gasteiger partial charge in [0.2, 0.25) is 11.1 Å². The van der Waals surface area contributed by atoms with E-state index in [9.17, 15) is 4.79 Å². The Hall–Kier alpha value is -2.22. The van der Waals surface area contributed by atoms with Gasteiger partial charge in [-0.15, -0.1) is 5.10 Å². The monoisotopic (exact) mass is 422 g/mol. The van der Waals surface area contributed by atoms with Crippen molar-refractivity contribution in [3.63, 3.8) is 0 Å². The first kappa shape index (κ1) is 19.5. The van der Waals surface area contributed by atoms with E-state index in [1.807, 2.05) is 0 Å². The number of aromatic nitrogens is 3. The minimum Gasteiger partial charge on any atom is -0.486 e. The number of aromatic amines is 1. The zero-order chi connectivity index (χ0) is 19.2. The summed E-state index contributed by atoms with van der Waals surface area (Å²) in [7, 11) is 0.